The average Bonchev–Trinajstić information content (AvgIpc) is 3.08. The molecule has 13 nitrogen and oxygen atoms in total. The number of hydrogen-bond acceptors (Lipinski definition) is 7. The number of nitrogens with zero attached hydrogens (tertiary/aromatic N) is 1. The summed E-state index contributed by atoms with van der Waals surface area (Å²) < 4.78 is 0.568. The molecular weight excluding hydrogens is 638 g/mol. The lowest BCUT2D eigenvalue weighted by Crippen LogP contribution is -2.58. The summed E-state index contributed by atoms with van der Waals surface area (Å²) in [7, 11) is 0. The number of benzene rings is 1. The van der Waals surface area contributed by atoms with E-state index < -0.39 is 36.0 Å². The molecule has 276 valence electrons. The Morgan fingerprint density at radius 3 is 1.98 bits per heavy atom. The number of hydrogen-bond donors (Lipinski definition) is 6. The molecule has 2 aromatic rings. The predicted molar refractivity (Wildman–Crippen MR) is 193 cm³/mol. The van der Waals surface area contributed by atoms with E-state index in [1.54, 1.807) is 6.92 Å². The van der Waals surface area contributed by atoms with E-state index in [0.29, 0.717) is 43.4 Å². The van der Waals surface area contributed by atoms with Crippen molar-refractivity contribution < 1.29 is 28.7 Å². The molecule has 5 amide bonds. The molecule has 0 spiro atoms. The minimum atomic E-state index is -0.906. The molecule has 2 rings (SSSR count). The molecule has 6 N–H and O–H groups in total. The van der Waals surface area contributed by atoms with Crippen molar-refractivity contribution >= 4 is 29.5 Å². The molecule has 0 aliphatic rings. The van der Waals surface area contributed by atoms with Crippen LogP contribution in [-0.2, 0) is 25.6 Å². The number of likely N-dealkylation sites (N-methyl/N-ethyl adjacent to an activating group) is 1. The van der Waals surface area contributed by atoms with Crippen molar-refractivity contribution in [2.45, 2.75) is 111 Å². The first-order valence-corrected chi connectivity index (χ1v) is 17.7. The van der Waals surface area contributed by atoms with Gasteiger partial charge in [0, 0.05) is 37.7 Å². The normalized spacial score (nSPS) is 14.7. The maximum Gasteiger partial charge on any atom is 0.252 e. The Kier molecular flexibility index (Phi) is 17.9. The van der Waals surface area contributed by atoms with Crippen LogP contribution in [0.1, 0.15) is 90.1 Å². The van der Waals surface area contributed by atoms with Gasteiger partial charge < -0.3 is 37.1 Å². The first-order chi connectivity index (χ1) is 23.8. The fourth-order valence-electron chi connectivity index (χ4n) is 5.44. The molecule has 50 heavy (non-hydrogen) atoms. The van der Waals surface area contributed by atoms with E-state index in [4.69, 9.17) is 0 Å². The van der Waals surface area contributed by atoms with Crippen molar-refractivity contribution in [2.24, 2.45) is 11.8 Å². The van der Waals surface area contributed by atoms with Crippen LogP contribution in [0.5, 0.6) is 0 Å². The van der Waals surface area contributed by atoms with Gasteiger partial charge in [-0.25, -0.2) is 0 Å². The smallest absolute Gasteiger partial charge is 0.252 e. The summed E-state index contributed by atoms with van der Waals surface area (Å²) in [5.41, 5.74) is 1.16. The van der Waals surface area contributed by atoms with Gasteiger partial charge >= 0.3 is 0 Å². The maximum absolute atomic E-state index is 13.6. The maximum atomic E-state index is 13.6. The quantitative estimate of drug-likeness (QED) is 0.0854. The van der Waals surface area contributed by atoms with Crippen LogP contribution in [0.3, 0.4) is 0 Å². The highest BCUT2D eigenvalue weighted by molar-refractivity contribution is 5.98. The van der Waals surface area contributed by atoms with Gasteiger partial charge in [-0.2, -0.15) is 4.73 Å². The molecule has 13 heteroatoms. The minimum absolute atomic E-state index is 0.220. The minimum Gasteiger partial charge on any atom is -0.619 e. The molecule has 0 fully saturated rings. The van der Waals surface area contributed by atoms with Crippen molar-refractivity contribution in [1.29, 1.82) is 0 Å². The van der Waals surface area contributed by atoms with Gasteiger partial charge in [0.25, 0.3) is 5.91 Å². The Morgan fingerprint density at radius 2 is 1.40 bits per heavy atom. The topological polar surface area (TPSA) is 184 Å². The van der Waals surface area contributed by atoms with Crippen LogP contribution in [0.4, 0.5) is 0 Å². The molecule has 1 aromatic carbocycles. The second-order valence-electron chi connectivity index (χ2n) is 13.2. The van der Waals surface area contributed by atoms with Crippen molar-refractivity contribution in [3.8, 4) is 0 Å². The van der Waals surface area contributed by atoms with Crippen molar-refractivity contribution in [1.82, 2.24) is 31.9 Å². The SMILES string of the molecule is CCC[C@H](NC(=O)[C@@H](NC(=O)c1cc[n+]([O-])cc1)[C@@H](C)CC)C(=O)N[C@H](CN[C@@H](C)C(=O)N[C@@H](Cc1ccccc1)C(=O)NCC)CC(C)C. The molecule has 1 heterocycles. The third kappa shape index (κ3) is 14.1. The molecule has 1 aromatic heterocycles. The van der Waals surface area contributed by atoms with Crippen LogP contribution < -0.4 is 36.6 Å². The molecule has 0 saturated carbocycles. The third-order valence-electron chi connectivity index (χ3n) is 8.49. The van der Waals surface area contributed by atoms with Crippen molar-refractivity contribution in [3.05, 3.63) is 71.2 Å². The monoisotopic (exact) mass is 695 g/mol. The van der Waals surface area contributed by atoms with Gasteiger partial charge in [0.2, 0.25) is 23.6 Å². The second-order valence-corrected chi connectivity index (χ2v) is 13.2. The fourth-order valence-corrected chi connectivity index (χ4v) is 5.44. The Hall–Kier alpha value is -4.52. The van der Waals surface area contributed by atoms with Gasteiger partial charge in [-0.15, -0.1) is 0 Å². The third-order valence-corrected chi connectivity index (χ3v) is 8.49. The van der Waals surface area contributed by atoms with Crippen molar-refractivity contribution in [3.63, 3.8) is 0 Å². The summed E-state index contributed by atoms with van der Waals surface area (Å²) >= 11 is 0. The standard InChI is InChI=1S/C37H57N7O6/c1-8-14-30(41-37(49)32(25(6)9-2)43-34(46)28-17-19-44(50)20-18-28)36(48)40-29(21-24(4)5)23-39-26(7)33(45)42-31(35(47)38-10-3)22-27-15-12-11-13-16-27/h11-13,15-20,24-26,29-32,39H,8-10,14,21-23H2,1-7H3,(H,38,47)(H,40,48)(H,41,49)(H,42,45)(H,43,46)/t25-,26-,29-,30-,31-,32-/m0/s1. The van der Waals surface area contributed by atoms with E-state index in [2.05, 4.69) is 31.9 Å². The molecule has 0 bridgehead atoms. The van der Waals surface area contributed by atoms with Crippen molar-refractivity contribution in [2.75, 3.05) is 13.1 Å². The lowest BCUT2D eigenvalue weighted by Gasteiger charge is -2.29. The van der Waals surface area contributed by atoms with Crippen LogP contribution in [-0.4, -0.2) is 72.8 Å². The number of nitrogens with one attached hydrogen (secondary N) is 6. The highest BCUT2D eigenvalue weighted by atomic mass is 16.5. The van der Waals surface area contributed by atoms with Gasteiger partial charge in [-0.3, -0.25) is 24.0 Å². The van der Waals surface area contributed by atoms with E-state index in [-0.39, 0.29) is 47.7 Å². The van der Waals surface area contributed by atoms with Gasteiger partial charge in [0.15, 0.2) is 12.4 Å². The predicted octanol–water partition coefficient (Wildman–Crippen LogP) is 2.12. The molecular formula is C37H57N7O6. The number of aromatic nitrogens is 1. The largest absolute Gasteiger partial charge is 0.619 e. The lowest BCUT2D eigenvalue weighted by molar-refractivity contribution is -0.605. The molecule has 0 unspecified atom stereocenters. The first-order valence-electron chi connectivity index (χ1n) is 17.7. The van der Waals surface area contributed by atoms with Gasteiger partial charge in [0.05, 0.1) is 11.6 Å². The van der Waals surface area contributed by atoms with Crippen LogP contribution >= 0.6 is 0 Å². The Morgan fingerprint density at radius 1 is 0.760 bits per heavy atom. The van der Waals surface area contributed by atoms with E-state index in [1.165, 1.54) is 24.5 Å². The molecule has 0 saturated heterocycles. The number of amides is 5. The Balaban J connectivity index is 2.09. The van der Waals surface area contributed by atoms with E-state index in [0.717, 1.165) is 5.56 Å². The van der Waals surface area contributed by atoms with E-state index >= 15 is 0 Å². The average molecular weight is 696 g/mol. The first kappa shape index (κ1) is 41.7. The van der Waals surface area contributed by atoms with Crippen LogP contribution in [0.15, 0.2) is 54.9 Å². The summed E-state index contributed by atoms with van der Waals surface area (Å²) in [5, 5.41) is 29.0. The number of carbonyl (C=O) groups excluding carboxylic acids is 5. The Bertz CT molecular complexity index is 1370. The van der Waals surface area contributed by atoms with E-state index in [9.17, 15) is 29.2 Å². The highest BCUT2D eigenvalue weighted by Gasteiger charge is 2.31. The van der Waals surface area contributed by atoms with Crippen LogP contribution in [0.25, 0.3) is 0 Å². The second kappa shape index (κ2) is 21.5. The zero-order valence-electron chi connectivity index (χ0n) is 30.6. The van der Waals surface area contributed by atoms with Gasteiger partial charge in [-0.05, 0) is 44.1 Å². The van der Waals surface area contributed by atoms with Crippen LogP contribution in [0, 0.1) is 17.0 Å². The molecule has 0 aliphatic carbocycles. The summed E-state index contributed by atoms with van der Waals surface area (Å²) in [6.07, 6.45) is 4.97. The Labute approximate surface area is 296 Å². The zero-order chi connectivity index (χ0) is 37.2. The summed E-state index contributed by atoms with van der Waals surface area (Å²) in [6, 6.07) is 8.70. The molecule has 0 radical (unpaired) electrons. The fraction of sp³-hybridized carbons (Fsp3) is 0.568. The van der Waals surface area contributed by atoms with E-state index in [1.807, 2.05) is 71.9 Å². The number of pyridine rings is 1. The summed E-state index contributed by atoms with van der Waals surface area (Å²) in [5.74, 6) is -1.96. The summed E-state index contributed by atoms with van der Waals surface area (Å²) in [6.45, 7) is 14.0. The zero-order valence-corrected chi connectivity index (χ0v) is 30.6. The molecule has 0 aliphatic heterocycles. The summed E-state index contributed by atoms with van der Waals surface area (Å²) in [4.78, 5) is 66.1. The van der Waals surface area contributed by atoms with Gasteiger partial charge in [0.1, 0.15) is 18.1 Å². The van der Waals surface area contributed by atoms with Gasteiger partial charge in [-0.1, -0.05) is 77.8 Å². The number of carbonyl (C=O) groups is 5. The highest BCUT2D eigenvalue weighted by Crippen LogP contribution is 2.12. The van der Waals surface area contributed by atoms with Crippen LogP contribution in [0.2, 0.25) is 0 Å². The molecule has 6 atom stereocenters. The lowest BCUT2D eigenvalue weighted by atomic mass is 9.97. The number of rotatable bonds is 21.